The highest BCUT2D eigenvalue weighted by molar-refractivity contribution is 5.98. The van der Waals surface area contributed by atoms with E-state index in [-0.39, 0.29) is 17.2 Å². The molecule has 0 aliphatic rings. The molecule has 2 amide bonds. The summed E-state index contributed by atoms with van der Waals surface area (Å²) in [5.74, 6) is -0.156. The number of rotatable bonds is 4. The SMILES string of the molecule is CN(Cc1ccc(C(C)(C)C)cc1)C(=O)c1cccc(NC(=O)C(C)(C)C)c1. The third-order valence-corrected chi connectivity index (χ3v) is 4.63. The lowest BCUT2D eigenvalue weighted by Gasteiger charge is -2.21. The van der Waals surface area contributed by atoms with Crippen LogP contribution in [0.5, 0.6) is 0 Å². The molecule has 0 aliphatic carbocycles. The van der Waals surface area contributed by atoms with Gasteiger partial charge < -0.3 is 10.2 Å². The number of anilines is 1. The number of benzene rings is 2. The van der Waals surface area contributed by atoms with E-state index in [0.717, 1.165) is 5.56 Å². The van der Waals surface area contributed by atoms with Crippen molar-refractivity contribution in [1.29, 1.82) is 0 Å². The van der Waals surface area contributed by atoms with Gasteiger partial charge in [0.25, 0.3) is 5.91 Å². The normalized spacial score (nSPS) is 11.8. The van der Waals surface area contributed by atoms with Crippen LogP contribution in [-0.4, -0.2) is 23.8 Å². The molecule has 2 rings (SSSR count). The molecule has 0 heterocycles. The first-order chi connectivity index (χ1) is 12.9. The Morgan fingerprint density at radius 2 is 1.54 bits per heavy atom. The van der Waals surface area contributed by atoms with E-state index in [0.29, 0.717) is 17.8 Å². The molecule has 4 heteroatoms. The number of carbonyl (C=O) groups is 2. The van der Waals surface area contributed by atoms with Gasteiger partial charge >= 0.3 is 0 Å². The second-order valence-corrected chi connectivity index (χ2v) is 9.39. The van der Waals surface area contributed by atoms with Crippen molar-refractivity contribution in [2.75, 3.05) is 12.4 Å². The van der Waals surface area contributed by atoms with Gasteiger partial charge in [0.1, 0.15) is 0 Å². The minimum absolute atomic E-state index is 0.0771. The maximum absolute atomic E-state index is 12.8. The van der Waals surface area contributed by atoms with E-state index in [1.54, 1.807) is 36.2 Å². The zero-order valence-corrected chi connectivity index (χ0v) is 18.1. The van der Waals surface area contributed by atoms with Gasteiger partial charge in [-0.15, -0.1) is 0 Å². The summed E-state index contributed by atoms with van der Waals surface area (Å²) in [5.41, 5.74) is 3.16. The highest BCUT2D eigenvalue weighted by Gasteiger charge is 2.21. The number of carbonyl (C=O) groups excluding carboxylic acids is 2. The van der Waals surface area contributed by atoms with E-state index in [2.05, 4.69) is 50.4 Å². The standard InChI is InChI=1S/C24H32N2O2/c1-23(2,3)19-13-11-17(12-14-19)16-26(7)21(27)18-9-8-10-20(15-18)25-22(28)24(4,5)6/h8-15H,16H2,1-7H3,(H,25,28). The molecule has 0 saturated carbocycles. The summed E-state index contributed by atoms with van der Waals surface area (Å²) in [6.07, 6.45) is 0. The average Bonchev–Trinajstić information content (AvgIpc) is 2.60. The smallest absolute Gasteiger partial charge is 0.253 e. The summed E-state index contributed by atoms with van der Waals surface area (Å²) < 4.78 is 0. The minimum atomic E-state index is -0.490. The lowest BCUT2D eigenvalue weighted by atomic mass is 9.87. The minimum Gasteiger partial charge on any atom is -0.337 e. The Hall–Kier alpha value is -2.62. The number of amides is 2. The van der Waals surface area contributed by atoms with Crippen LogP contribution < -0.4 is 5.32 Å². The van der Waals surface area contributed by atoms with Crippen LogP contribution in [-0.2, 0) is 16.8 Å². The van der Waals surface area contributed by atoms with Crippen molar-refractivity contribution >= 4 is 17.5 Å². The predicted octanol–water partition coefficient (Wildman–Crippen LogP) is 5.24. The molecule has 0 unspecified atom stereocenters. The number of nitrogens with one attached hydrogen (secondary N) is 1. The van der Waals surface area contributed by atoms with E-state index in [1.165, 1.54) is 5.56 Å². The van der Waals surface area contributed by atoms with Crippen LogP contribution in [0.15, 0.2) is 48.5 Å². The first-order valence-electron chi connectivity index (χ1n) is 9.64. The van der Waals surface area contributed by atoms with Gasteiger partial charge in [-0.25, -0.2) is 0 Å². The maximum Gasteiger partial charge on any atom is 0.253 e. The van der Waals surface area contributed by atoms with Crippen molar-refractivity contribution in [2.45, 2.75) is 53.5 Å². The fourth-order valence-electron chi connectivity index (χ4n) is 2.72. The lowest BCUT2D eigenvalue weighted by Crippen LogP contribution is -2.28. The lowest BCUT2D eigenvalue weighted by molar-refractivity contribution is -0.123. The fraction of sp³-hybridized carbons (Fsp3) is 0.417. The summed E-state index contributed by atoms with van der Waals surface area (Å²) in [5, 5.41) is 2.88. The average molecular weight is 381 g/mol. The molecule has 0 aromatic heterocycles. The first kappa shape index (κ1) is 21.7. The molecule has 0 bridgehead atoms. The molecule has 2 aromatic carbocycles. The third-order valence-electron chi connectivity index (χ3n) is 4.63. The third kappa shape index (κ3) is 5.69. The maximum atomic E-state index is 12.8. The number of hydrogen-bond donors (Lipinski definition) is 1. The molecule has 2 aromatic rings. The highest BCUT2D eigenvalue weighted by atomic mass is 16.2. The number of hydrogen-bond acceptors (Lipinski definition) is 2. The Morgan fingerprint density at radius 3 is 2.07 bits per heavy atom. The molecule has 0 aliphatic heterocycles. The van der Waals surface area contributed by atoms with Crippen molar-refractivity contribution in [2.24, 2.45) is 5.41 Å². The van der Waals surface area contributed by atoms with Gasteiger partial charge in [-0.05, 0) is 34.7 Å². The van der Waals surface area contributed by atoms with Crippen LogP contribution in [0.2, 0.25) is 0 Å². The van der Waals surface area contributed by atoms with Crippen LogP contribution in [0.25, 0.3) is 0 Å². The Balaban J connectivity index is 2.09. The van der Waals surface area contributed by atoms with Crippen LogP contribution >= 0.6 is 0 Å². The summed E-state index contributed by atoms with van der Waals surface area (Å²) in [4.78, 5) is 26.7. The predicted molar refractivity (Wildman–Crippen MR) is 115 cm³/mol. The second kappa shape index (κ2) is 8.17. The van der Waals surface area contributed by atoms with Crippen molar-refractivity contribution < 1.29 is 9.59 Å². The van der Waals surface area contributed by atoms with E-state index in [9.17, 15) is 9.59 Å². The first-order valence-corrected chi connectivity index (χ1v) is 9.64. The molecule has 0 fully saturated rings. The van der Waals surface area contributed by atoms with E-state index in [4.69, 9.17) is 0 Å². The molecule has 0 saturated heterocycles. The molecule has 4 nitrogen and oxygen atoms in total. The van der Waals surface area contributed by atoms with Crippen LogP contribution in [0.1, 0.15) is 63.0 Å². The second-order valence-electron chi connectivity index (χ2n) is 9.39. The Labute approximate surface area is 169 Å². The molecule has 28 heavy (non-hydrogen) atoms. The van der Waals surface area contributed by atoms with Gasteiger partial charge in [-0.2, -0.15) is 0 Å². The molecule has 0 radical (unpaired) electrons. The summed E-state index contributed by atoms with van der Waals surface area (Å²) in [6, 6.07) is 15.5. The Morgan fingerprint density at radius 1 is 0.929 bits per heavy atom. The summed E-state index contributed by atoms with van der Waals surface area (Å²) in [6.45, 7) is 12.7. The van der Waals surface area contributed by atoms with Crippen LogP contribution in [0.3, 0.4) is 0 Å². The van der Waals surface area contributed by atoms with Gasteiger partial charge in [-0.3, -0.25) is 9.59 Å². The Kier molecular flexibility index (Phi) is 6.33. The largest absolute Gasteiger partial charge is 0.337 e. The monoisotopic (exact) mass is 380 g/mol. The molecular weight excluding hydrogens is 348 g/mol. The van der Waals surface area contributed by atoms with Crippen molar-refractivity contribution in [3.63, 3.8) is 0 Å². The molecular formula is C24H32N2O2. The van der Waals surface area contributed by atoms with E-state index < -0.39 is 5.41 Å². The number of nitrogens with zero attached hydrogens (tertiary/aromatic N) is 1. The summed E-state index contributed by atoms with van der Waals surface area (Å²) >= 11 is 0. The Bertz CT molecular complexity index is 840. The van der Waals surface area contributed by atoms with Crippen LogP contribution in [0.4, 0.5) is 5.69 Å². The zero-order valence-electron chi connectivity index (χ0n) is 18.1. The molecule has 1 N–H and O–H groups in total. The van der Waals surface area contributed by atoms with Gasteiger partial charge in [0, 0.05) is 30.3 Å². The molecule has 0 spiro atoms. The van der Waals surface area contributed by atoms with Crippen molar-refractivity contribution in [3.8, 4) is 0 Å². The highest BCUT2D eigenvalue weighted by Crippen LogP contribution is 2.23. The van der Waals surface area contributed by atoms with E-state index >= 15 is 0 Å². The van der Waals surface area contributed by atoms with Gasteiger partial charge in [-0.1, -0.05) is 71.9 Å². The molecule has 0 atom stereocenters. The van der Waals surface area contributed by atoms with Gasteiger partial charge in [0.05, 0.1) is 0 Å². The molecule has 150 valence electrons. The topological polar surface area (TPSA) is 49.4 Å². The van der Waals surface area contributed by atoms with Gasteiger partial charge in [0.15, 0.2) is 0 Å². The zero-order chi connectivity index (χ0) is 21.1. The van der Waals surface area contributed by atoms with Crippen LogP contribution in [0, 0.1) is 5.41 Å². The quantitative estimate of drug-likeness (QED) is 0.788. The fourth-order valence-corrected chi connectivity index (χ4v) is 2.72. The summed E-state index contributed by atoms with van der Waals surface area (Å²) in [7, 11) is 1.79. The van der Waals surface area contributed by atoms with Crippen molar-refractivity contribution in [1.82, 2.24) is 4.90 Å². The van der Waals surface area contributed by atoms with Crippen molar-refractivity contribution in [3.05, 3.63) is 65.2 Å². The van der Waals surface area contributed by atoms with E-state index in [1.807, 2.05) is 20.8 Å². The van der Waals surface area contributed by atoms with Gasteiger partial charge in [0.2, 0.25) is 5.91 Å².